The molecule has 0 amide bonds. The van der Waals surface area contributed by atoms with Gasteiger partial charge in [-0.15, -0.1) is 0 Å². The molecule has 0 unspecified atom stereocenters. The van der Waals surface area contributed by atoms with Crippen LogP contribution in [-0.4, -0.2) is 29.1 Å². The monoisotopic (exact) mass is 197 g/mol. The maximum atomic E-state index is 11.3. The SMILES string of the molecule is COC(=O)c1c(C)[nH]c(C)c1C(=O)O. The van der Waals surface area contributed by atoms with Gasteiger partial charge in [0.15, 0.2) is 0 Å². The number of hydrogen-bond donors (Lipinski definition) is 2. The van der Waals surface area contributed by atoms with Crippen LogP contribution in [0, 0.1) is 13.8 Å². The molecule has 0 atom stereocenters. The van der Waals surface area contributed by atoms with Crippen LogP contribution in [0.3, 0.4) is 0 Å². The number of H-pyrrole nitrogens is 1. The van der Waals surface area contributed by atoms with Gasteiger partial charge in [0, 0.05) is 11.4 Å². The van der Waals surface area contributed by atoms with Gasteiger partial charge < -0.3 is 14.8 Å². The lowest BCUT2D eigenvalue weighted by molar-refractivity contribution is 0.0582. The zero-order valence-electron chi connectivity index (χ0n) is 8.17. The maximum absolute atomic E-state index is 11.3. The number of ether oxygens (including phenoxy) is 1. The second kappa shape index (κ2) is 3.53. The number of aromatic carboxylic acids is 1. The number of aromatic amines is 1. The van der Waals surface area contributed by atoms with Crippen molar-refractivity contribution in [3.8, 4) is 0 Å². The number of aromatic nitrogens is 1. The van der Waals surface area contributed by atoms with Crippen molar-refractivity contribution in [2.24, 2.45) is 0 Å². The lowest BCUT2D eigenvalue weighted by Crippen LogP contribution is -2.09. The molecule has 0 fully saturated rings. The zero-order valence-corrected chi connectivity index (χ0v) is 8.17. The van der Waals surface area contributed by atoms with Crippen LogP contribution < -0.4 is 0 Å². The van der Waals surface area contributed by atoms with Crippen LogP contribution in [0.2, 0.25) is 0 Å². The summed E-state index contributed by atoms with van der Waals surface area (Å²) in [6, 6.07) is 0. The van der Waals surface area contributed by atoms with E-state index >= 15 is 0 Å². The molecule has 0 aromatic carbocycles. The van der Waals surface area contributed by atoms with Gasteiger partial charge in [-0.25, -0.2) is 9.59 Å². The number of carbonyl (C=O) groups excluding carboxylic acids is 1. The summed E-state index contributed by atoms with van der Waals surface area (Å²) in [6.07, 6.45) is 0. The summed E-state index contributed by atoms with van der Waals surface area (Å²) >= 11 is 0. The summed E-state index contributed by atoms with van der Waals surface area (Å²) in [5, 5.41) is 8.88. The topological polar surface area (TPSA) is 79.4 Å². The van der Waals surface area contributed by atoms with Crippen molar-refractivity contribution >= 4 is 11.9 Å². The summed E-state index contributed by atoms with van der Waals surface area (Å²) in [5.74, 6) is -1.77. The minimum atomic E-state index is -1.13. The van der Waals surface area contributed by atoms with Crippen molar-refractivity contribution in [1.29, 1.82) is 0 Å². The number of carbonyl (C=O) groups is 2. The predicted molar refractivity (Wildman–Crippen MR) is 48.6 cm³/mol. The van der Waals surface area contributed by atoms with E-state index in [-0.39, 0.29) is 11.1 Å². The summed E-state index contributed by atoms with van der Waals surface area (Å²) in [7, 11) is 1.22. The second-order valence-electron chi connectivity index (χ2n) is 2.92. The maximum Gasteiger partial charge on any atom is 0.340 e. The Morgan fingerprint density at radius 2 is 1.71 bits per heavy atom. The van der Waals surface area contributed by atoms with E-state index in [4.69, 9.17) is 5.11 Å². The molecule has 0 aliphatic rings. The van der Waals surface area contributed by atoms with Gasteiger partial charge in [-0.05, 0) is 13.8 Å². The molecule has 1 rings (SSSR count). The normalized spacial score (nSPS) is 9.93. The molecule has 0 radical (unpaired) electrons. The van der Waals surface area contributed by atoms with Crippen LogP contribution in [0.5, 0.6) is 0 Å². The molecule has 0 spiro atoms. The fraction of sp³-hybridized carbons (Fsp3) is 0.333. The largest absolute Gasteiger partial charge is 0.478 e. The Morgan fingerprint density at radius 1 is 1.21 bits per heavy atom. The van der Waals surface area contributed by atoms with E-state index in [1.54, 1.807) is 13.8 Å². The van der Waals surface area contributed by atoms with Gasteiger partial charge in [-0.3, -0.25) is 0 Å². The third-order valence-corrected chi connectivity index (χ3v) is 1.98. The van der Waals surface area contributed by atoms with Crippen molar-refractivity contribution in [2.75, 3.05) is 7.11 Å². The predicted octanol–water partition coefficient (Wildman–Crippen LogP) is 1.12. The van der Waals surface area contributed by atoms with Crippen molar-refractivity contribution in [3.63, 3.8) is 0 Å². The molecular formula is C9H11NO4. The Kier molecular flexibility index (Phi) is 2.60. The molecule has 5 heteroatoms. The Labute approximate surface area is 80.7 Å². The van der Waals surface area contributed by atoms with Crippen LogP contribution in [0.25, 0.3) is 0 Å². The van der Waals surface area contributed by atoms with Gasteiger partial charge in [0.25, 0.3) is 0 Å². The molecule has 76 valence electrons. The molecule has 0 aliphatic heterocycles. The quantitative estimate of drug-likeness (QED) is 0.696. The standard InChI is InChI=1S/C9H11NO4/c1-4-6(8(11)12)7(5(2)10-4)9(13)14-3/h10H,1-3H3,(H,11,12). The van der Waals surface area contributed by atoms with Crippen molar-refractivity contribution in [3.05, 3.63) is 22.5 Å². The molecule has 1 aromatic heterocycles. The Morgan fingerprint density at radius 3 is 2.14 bits per heavy atom. The number of carboxylic acid groups (broad SMARTS) is 1. The first-order chi connectivity index (χ1) is 6.49. The molecule has 0 bridgehead atoms. The van der Waals surface area contributed by atoms with Gasteiger partial charge in [-0.1, -0.05) is 0 Å². The number of carboxylic acids is 1. The Bertz CT molecular complexity index is 392. The lowest BCUT2D eigenvalue weighted by atomic mass is 10.1. The van der Waals surface area contributed by atoms with E-state index < -0.39 is 11.9 Å². The van der Waals surface area contributed by atoms with Gasteiger partial charge in [0.1, 0.15) is 0 Å². The number of esters is 1. The van der Waals surface area contributed by atoms with Crippen LogP contribution in [0.1, 0.15) is 32.1 Å². The van der Waals surface area contributed by atoms with E-state index in [9.17, 15) is 9.59 Å². The van der Waals surface area contributed by atoms with Gasteiger partial charge >= 0.3 is 11.9 Å². The summed E-state index contributed by atoms with van der Waals surface area (Å²) < 4.78 is 4.50. The fourth-order valence-corrected chi connectivity index (χ4v) is 1.41. The molecule has 1 aromatic rings. The highest BCUT2D eigenvalue weighted by Crippen LogP contribution is 2.18. The van der Waals surface area contributed by atoms with Crippen molar-refractivity contribution in [2.45, 2.75) is 13.8 Å². The average Bonchev–Trinajstić information content (AvgIpc) is 2.39. The molecule has 14 heavy (non-hydrogen) atoms. The highest BCUT2D eigenvalue weighted by Gasteiger charge is 2.24. The zero-order chi connectivity index (χ0) is 10.9. The molecule has 1 heterocycles. The van der Waals surface area contributed by atoms with Crippen molar-refractivity contribution < 1.29 is 19.4 Å². The summed E-state index contributed by atoms with van der Waals surface area (Å²) in [6.45, 7) is 3.23. The number of hydrogen-bond acceptors (Lipinski definition) is 3. The van der Waals surface area contributed by atoms with E-state index in [1.807, 2.05) is 0 Å². The first-order valence-electron chi connectivity index (χ1n) is 3.99. The third-order valence-electron chi connectivity index (χ3n) is 1.98. The van der Waals surface area contributed by atoms with E-state index in [2.05, 4.69) is 9.72 Å². The first-order valence-corrected chi connectivity index (χ1v) is 3.99. The fourth-order valence-electron chi connectivity index (χ4n) is 1.41. The van der Waals surface area contributed by atoms with E-state index in [0.717, 1.165) is 0 Å². The number of methoxy groups -OCH3 is 1. The minimum absolute atomic E-state index is 0.0191. The molecule has 0 saturated heterocycles. The van der Waals surface area contributed by atoms with E-state index in [1.165, 1.54) is 7.11 Å². The molecule has 0 saturated carbocycles. The van der Waals surface area contributed by atoms with Crippen LogP contribution >= 0.6 is 0 Å². The highest BCUT2D eigenvalue weighted by atomic mass is 16.5. The molecule has 5 nitrogen and oxygen atoms in total. The number of nitrogens with one attached hydrogen (secondary N) is 1. The lowest BCUT2D eigenvalue weighted by Gasteiger charge is -1.99. The number of aryl methyl sites for hydroxylation is 2. The summed E-state index contributed by atoms with van der Waals surface area (Å²) in [5.41, 5.74) is 1.04. The van der Waals surface area contributed by atoms with E-state index in [0.29, 0.717) is 11.4 Å². The second-order valence-corrected chi connectivity index (χ2v) is 2.92. The van der Waals surface area contributed by atoms with Crippen LogP contribution in [0.4, 0.5) is 0 Å². The van der Waals surface area contributed by atoms with Crippen LogP contribution in [-0.2, 0) is 4.74 Å². The van der Waals surface area contributed by atoms with Crippen LogP contribution in [0.15, 0.2) is 0 Å². The average molecular weight is 197 g/mol. The first kappa shape index (κ1) is 10.3. The molecular weight excluding hydrogens is 186 g/mol. The number of rotatable bonds is 2. The van der Waals surface area contributed by atoms with Gasteiger partial charge in [0.05, 0.1) is 18.2 Å². The highest BCUT2D eigenvalue weighted by molar-refractivity contribution is 6.04. The molecule has 2 N–H and O–H groups in total. The van der Waals surface area contributed by atoms with Gasteiger partial charge in [0.2, 0.25) is 0 Å². The molecule has 0 aliphatic carbocycles. The Hall–Kier alpha value is -1.78. The summed E-state index contributed by atoms with van der Waals surface area (Å²) in [4.78, 5) is 24.9. The minimum Gasteiger partial charge on any atom is -0.478 e. The Balaban J connectivity index is 3.39. The van der Waals surface area contributed by atoms with Crippen molar-refractivity contribution in [1.82, 2.24) is 4.98 Å². The smallest absolute Gasteiger partial charge is 0.340 e. The van der Waals surface area contributed by atoms with Gasteiger partial charge in [-0.2, -0.15) is 0 Å². The third kappa shape index (κ3) is 1.48.